The number of carbonyl (C=O) groups is 1. The normalized spacial score (nSPS) is 14.1. The highest BCUT2D eigenvalue weighted by molar-refractivity contribution is 6.30. The zero-order valence-electron chi connectivity index (χ0n) is 15.7. The number of aryl methyl sites for hydroxylation is 1. The molecule has 0 aliphatic carbocycles. The van der Waals surface area contributed by atoms with Crippen LogP contribution in [-0.2, 0) is 0 Å². The van der Waals surface area contributed by atoms with Crippen molar-refractivity contribution in [3.05, 3.63) is 59.1 Å². The molecule has 0 spiro atoms. The Morgan fingerprint density at radius 1 is 1.11 bits per heavy atom. The van der Waals surface area contributed by atoms with Gasteiger partial charge < -0.3 is 19.9 Å². The van der Waals surface area contributed by atoms with E-state index in [2.05, 4.69) is 16.3 Å². The molecule has 0 radical (unpaired) electrons. The molecule has 144 valence electrons. The van der Waals surface area contributed by atoms with Crippen molar-refractivity contribution in [3.63, 3.8) is 0 Å². The highest BCUT2D eigenvalue weighted by Crippen LogP contribution is 2.20. The molecule has 27 heavy (non-hydrogen) atoms. The fourth-order valence-corrected chi connectivity index (χ4v) is 3.23. The number of ether oxygens (including phenoxy) is 1. The number of benzene rings is 2. The molecule has 2 aromatic rings. The average Bonchev–Trinajstić information content (AvgIpc) is 2.69. The second kappa shape index (κ2) is 9.51. The molecule has 1 fully saturated rings. The molecule has 5 nitrogen and oxygen atoms in total. The van der Waals surface area contributed by atoms with Gasteiger partial charge in [-0.1, -0.05) is 35.4 Å². The Kier molecular flexibility index (Phi) is 6.82. The third-order valence-electron chi connectivity index (χ3n) is 4.63. The summed E-state index contributed by atoms with van der Waals surface area (Å²) in [6, 6.07) is 15.8. The zero-order valence-corrected chi connectivity index (χ0v) is 16.4. The predicted octanol–water partition coefficient (Wildman–Crippen LogP) is 3.95. The topological polar surface area (TPSA) is 44.8 Å². The van der Waals surface area contributed by atoms with Gasteiger partial charge in [0.25, 0.3) is 0 Å². The number of rotatable bonds is 6. The fourth-order valence-electron chi connectivity index (χ4n) is 3.04. The zero-order chi connectivity index (χ0) is 19.1. The van der Waals surface area contributed by atoms with Gasteiger partial charge in [0.2, 0.25) is 0 Å². The number of amides is 2. The molecule has 2 aromatic carbocycles. The Hall–Kier alpha value is -2.40. The van der Waals surface area contributed by atoms with E-state index in [1.165, 1.54) is 5.56 Å². The van der Waals surface area contributed by atoms with E-state index in [-0.39, 0.29) is 6.03 Å². The number of piperazine rings is 1. The van der Waals surface area contributed by atoms with Crippen LogP contribution in [0.4, 0.5) is 10.5 Å². The fraction of sp³-hybridized carbons (Fsp3) is 0.381. The number of halogens is 1. The first-order valence-electron chi connectivity index (χ1n) is 9.34. The van der Waals surface area contributed by atoms with Crippen LogP contribution < -0.4 is 15.0 Å². The van der Waals surface area contributed by atoms with Gasteiger partial charge in [-0.2, -0.15) is 0 Å². The van der Waals surface area contributed by atoms with Crippen molar-refractivity contribution < 1.29 is 9.53 Å². The Morgan fingerprint density at radius 2 is 1.85 bits per heavy atom. The summed E-state index contributed by atoms with van der Waals surface area (Å²) in [6.45, 7) is 6.28. The van der Waals surface area contributed by atoms with Crippen molar-refractivity contribution >= 4 is 23.3 Å². The first-order valence-corrected chi connectivity index (χ1v) is 9.72. The van der Waals surface area contributed by atoms with Crippen LogP contribution in [0.2, 0.25) is 5.02 Å². The van der Waals surface area contributed by atoms with Crippen LogP contribution >= 0.6 is 11.6 Å². The molecule has 1 heterocycles. The first-order chi connectivity index (χ1) is 13.1. The molecular formula is C21H26ClN3O2. The standard InChI is InChI=1S/C21H26ClN3O2/c1-17-6-8-20(9-7-17)27-15-3-10-23-21(26)25-13-11-24(12-14-25)19-5-2-4-18(22)16-19/h2,4-9,16H,3,10-15H2,1H3,(H,23,26). The number of hydrogen-bond donors (Lipinski definition) is 1. The van der Waals surface area contributed by atoms with Crippen LogP contribution in [0.3, 0.4) is 0 Å². The monoisotopic (exact) mass is 387 g/mol. The number of urea groups is 1. The summed E-state index contributed by atoms with van der Waals surface area (Å²) in [5.74, 6) is 0.865. The van der Waals surface area contributed by atoms with Gasteiger partial charge in [0, 0.05) is 43.4 Å². The van der Waals surface area contributed by atoms with E-state index in [9.17, 15) is 4.79 Å². The second-order valence-electron chi connectivity index (χ2n) is 6.70. The van der Waals surface area contributed by atoms with Crippen LogP contribution in [0.15, 0.2) is 48.5 Å². The van der Waals surface area contributed by atoms with Gasteiger partial charge in [-0.3, -0.25) is 0 Å². The maximum absolute atomic E-state index is 12.3. The van der Waals surface area contributed by atoms with Gasteiger partial charge in [-0.15, -0.1) is 0 Å². The van der Waals surface area contributed by atoms with Gasteiger partial charge >= 0.3 is 6.03 Å². The Bertz CT molecular complexity index is 743. The van der Waals surface area contributed by atoms with E-state index in [1.54, 1.807) is 0 Å². The van der Waals surface area contributed by atoms with E-state index in [4.69, 9.17) is 16.3 Å². The molecule has 1 aliphatic rings. The van der Waals surface area contributed by atoms with Crippen LogP contribution in [0.25, 0.3) is 0 Å². The molecule has 2 amide bonds. The van der Waals surface area contributed by atoms with Gasteiger partial charge in [0.05, 0.1) is 6.61 Å². The smallest absolute Gasteiger partial charge is 0.317 e. The van der Waals surface area contributed by atoms with E-state index >= 15 is 0 Å². The Labute approximate surface area is 165 Å². The third-order valence-corrected chi connectivity index (χ3v) is 4.86. The lowest BCUT2D eigenvalue weighted by Gasteiger charge is -2.36. The van der Waals surface area contributed by atoms with Crippen molar-refractivity contribution in [1.82, 2.24) is 10.2 Å². The summed E-state index contributed by atoms with van der Waals surface area (Å²) in [7, 11) is 0. The summed E-state index contributed by atoms with van der Waals surface area (Å²) in [5, 5.41) is 3.72. The number of nitrogens with zero attached hydrogens (tertiary/aromatic N) is 2. The molecular weight excluding hydrogens is 362 g/mol. The molecule has 0 saturated carbocycles. The Balaban J connectivity index is 1.33. The van der Waals surface area contributed by atoms with E-state index < -0.39 is 0 Å². The lowest BCUT2D eigenvalue weighted by Crippen LogP contribution is -2.52. The summed E-state index contributed by atoms with van der Waals surface area (Å²) in [5.41, 5.74) is 2.32. The molecule has 0 bridgehead atoms. The van der Waals surface area contributed by atoms with Crippen molar-refractivity contribution in [3.8, 4) is 5.75 Å². The molecule has 1 aliphatic heterocycles. The molecule has 0 unspecified atom stereocenters. The van der Waals surface area contributed by atoms with Crippen LogP contribution in [0, 0.1) is 6.92 Å². The summed E-state index contributed by atoms with van der Waals surface area (Å²) < 4.78 is 5.68. The predicted molar refractivity (Wildman–Crippen MR) is 110 cm³/mol. The van der Waals surface area contributed by atoms with Crippen molar-refractivity contribution in [2.75, 3.05) is 44.2 Å². The summed E-state index contributed by atoms with van der Waals surface area (Å²) in [6.07, 6.45) is 0.780. The van der Waals surface area contributed by atoms with Crippen LogP contribution in [0.1, 0.15) is 12.0 Å². The molecule has 0 atom stereocenters. The maximum atomic E-state index is 12.3. The SMILES string of the molecule is Cc1ccc(OCCCNC(=O)N2CCN(c3cccc(Cl)c3)CC2)cc1. The van der Waals surface area contributed by atoms with Gasteiger partial charge in [-0.25, -0.2) is 4.79 Å². The molecule has 1 N–H and O–H groups in total. The van der Waals surface area contributed by atoms with Crippen molar-refractivity contribution in [2.45, 2.75) is 13.3 Å². The Morgan fingerprint density at radius 3 is 2.56 bits per heavy atom. The van der Waals surface area contributed by atoms with Gasteiger partial charge in [0.1, 0.15) is 5.75 Å². The highest BCUT2D eigenvalue weighted by Gasteiger charge is 2.21. The quantitative estimate of drug-likeness (QED) is 0.763. The largest absolute Gasteiger partial charge is 0.494 e. The minimum absolute atomic E-state index is 0.00363. The third kappa shape index (κ3) is 5.79. The van der Waals surface area contributed by atoms with Gasteiger partial charge in [-0.05, 0) is 43.7 Å². The number of nitrogens with one attached hydrogen (secondary N) is 1. The number of carbonyl (C=O) groups excluding carboxylic acids is 1. The summed E-state index contributed by atoms with van der Waals surface area (Å²) in [4.78, 5) is 16.4. The molecule has 0 aromatic heterocycles. The molecule has 1 saturated heterocycles. The molecule has 6 heteroatoms. The van der Waals surface area contributed by atoms with Crippen molar-refractivity contribution in [1.29, 1.82) is 0 Å². The van der Waals surface area contributed by atoms with Gasteiger partial charge in [0.15, 0.2) is 0 Å². The number of hydrogen-bond acceptors (Lipinski definition) is 3. The van der Waals surface area contributed by atoms with Crippen LogP contribution in [0.5, 0.6) is 5.75 Å². The lowest BCUT2D eigenvalue weighted by atomic mass is 10.2. The van der Waals surface area contributed by atoms with E-state index in [0.717, 1.165) is 36.0 Å². The van der Waals surface area contributed by atoms with E-state index in [0.29, 0.717) is 26.2 Å². The minimum atomic E-state index is -0.00363. The number of anilines is 1. The average molecular weight is 388 g/mol. The lowest BCUT2D eigenvalue weighted by molar-refractivity contribution is 0.193. The first kappa shape index (κ1) is 19.4. The molecule has 3 rings (SSSR count). The highest BCUT2D eigenvalue weighted by atomic mass is 35.5. The van der Waals surface area contributed by atoms with Crippen molar-refractivity contribution in [2.24, 2.45) is 0 Å². The maximum Gasteiger partial charge on any atom is 0.317 e. The van der Waals surface area contributed by atoms with Crippen LogP contribution in [-0.4, -0.2) is 50.3 Å². The van der Waals surface area contributed by atoms with E-state index in [1.807, 2.05) is 54.3 Å². The summed E-state index contributed by atoms with van der Waals surface area (Å²) >= 11 is 6.06. The minimum Gasteiger partial charge on any atom is -0.494 e. The second-order valence-corrected chi connectivity index (χ2v) is 7.14.